The minimum absolute atomic E-state index is 0.170. The normalized spacial score (nSPS) is 14.9. The Morgan fingerprint density at radius 3 is 2.89 bits per heavy atom. The Hall–Kier alpha value is -2.35. The lowest BCUT2D eigenvalue weighted by molar-refractivity contribution is 0.949. The van der Waals surface area contributed by atoms with E-state index < -0.39 is 0 Å². The maximum Gasteiger partial charge on any atom is 0.268 e. The van der Waals surface area contributed by atoms with E-state index in [-0.39, 0.29) is 11.1 Å². The molecule has 0 atom stereocenters. The molecule has 1 saturated heterocycles. The summed E-state index contributed by atoms with van der Waals surface area (Å²) < 4.78 is 0. The van der Waals surface area contributed by atoms with Gasteiger partial charge in [0.05, 0.1) is 11.2 Å². The van der Waals surface area contributed by atoms with Crippen LogP contribution in [-0.4, -0.2) is 23.1 Å². The van der Waals surface area contributed by atoms with Gasteiger partial charge in [-0.15, -0.1) is 0 Å². The van der Waals surface area contributed by atoms with Gasteiger partial charge in [-0.05, 0) is 25.0 Å². The van der Waals surface area contributed by atoms with E-state index >= 15 is 0 Å². The smallest absolute Gasteiger partial charge is 0.268 e. The molecule has 0 unspecified atom stereocenters. The van der Waals surface area contributed by atoms with Crippen LogP contribution in [0.1, 0.15) is 18.4 Å². The Morgan fingerprint density at radius 1 is 1.39 bits per heavy atom. The highest BCUT2D eigenvalue weighted by molar-refractivity contribution is 5.91. The number of hydrogen-bond donors (Lipinski definition) is 1. The molecule has 0 amide bonds. The van der Waals surface area contributed by atoms with E-state index in [9.17, 15) is 10.1 Å². The van der Waals surface area contributed by atoms with Gasteiger partial charge in [0.2, 0.25) is 0 Å². The van der Waals surface area contributed by atoms with Gasteiger partial charge in [-0.2, -0.15) is 5.26 Å². The number of aromatic amines is 1. The van der Waals surface area contributed by atoms with Crippen molar-refractivity contribution in [1.82, 2.24) is 9.97 Å². The van der Waals surface area contributed by atoms with Crippen molar-refractivity contribution in [1.29, 1.82) is 5.26 Å². The number of fused-ring (bicyclic) bond motifs is 1. The van der Waals surface area contributed by atoms with E-state index in [4.69, 9.17) is 0 Å². The first-order chi connectivity index (χ1) is 8.81. The van der Waals surface area contributed by atoms with Gasteiger partial charge < -0.3 is 9.88 Å². The van der Waals surface area contributed by atoms with Crippen molar-refractivity contribution in [2.45, 2.75) is 12.8 Å². The van der Waals surface area contributed by atoms with Gasteiger partial charge in [0, 0.05) is 19.3 Å². The Balaban J connectivity index is 2.37. The Morgan fingerprint density at radius 2 is 2.17 bits per heavy atom. The molecule has 0 saturated carbocycles. The molecule has 90 valence electrons. The number of nitrogens with zero attached hydrogens (tertiary/aromatic N) is 3. The van der Waals surface area contributed by atoms with Crippen molar-refractivity contribution in [2.24, 2.45) is 0 Å². The molecule has 1 N–H and O–H groups in total. The van der Waals surface area contributed by atoms with Gasteiger partial charge in [-0.3, -0.25) is 9.78 Å². The fraction of sp³-hybridized carbons (Fsp3) is 0.308. The Bertz CT molecular complexity index is 692. The standard InChI is InChI=1S/C13H12N4O/c14-8-9-12(17-6-1-2-7-17)11-10(16-13(9)18)4-3-5-15-11/h3-5H,1-2,6-7H2,(H,16,18). The quantitative estimate of drug-likeness (QED) is 0.817. The molecule has 5 nitrogen and oxygen atoms in total. The molecule has 0 bridgehead atoms. The maximum atomic E-state index is 11.9. The lowest BCUT2D eigenvalue weighted by atomic mass is 10.1. The summed E-state index contributed by atoms with van der Waals surface area (Å²) >= 11 is 0. The zero-order chi connectivity index (χ0) is 12.5. The predicted molar refractivity (Wildman–Crippen MR) is 68.5 cm³/mol. The molecule has 0 spiro atoms. The van der Waals surface area contributed by atoms with Gasteiger partial charge in [-0.25, -0.2) is 0 Å². The average Bonchev–Trinajstić information content (AvgIpc) is 2.90. The zero-order valence-corrected chi connectivity index (χ0v) is 9.81. The lowest BCUT2D eigenvalue weighted by Gasteiger charge is -2.19. The van der Waals surface area contributed by atoms with E-state index in [0.29, 0.717) is 16.7 Å². The molecule has 0 aromatic carbocycles. The summed E-state index contributed by atoms with van der Waals surface area (Å²) in [6, 6.07) is 5.59. The summed E-state index contributed by atoms with van der Waals surface area (Å²) in [5.41, 5.74) is 1.91. The number of hydrogen-bond acceptors (Lipinski definition) is 4. The first-order valence-corrected chi connectivity index (χ1v) is 5.97. The van der Waals surface area contributed by atoms with Crippen molar-refractivity contribution in [3.63, 3.8) is 0 Å². The number of aromatic nitrogens is 2. The summed E-state index contributed by atoms with van der Waals surface area (Å²) in [6.45, 7) is 1.76. The molecule has 3 rings (SSSR count). The van der Waals surface area contributed by atoms with E-state index in [2.05, 4.69) is 14.9 Å². The minimum Gasteiger partial charge on any atom is -0.368 e. The summed E-state index contributed by atoms with van der Waals surface area (Å²) in [7, 11) is 0. The van der Waals surface area contributed by atoms with Crippen molar-refractivity contribution >= 4 is 16.7 Å². The largest absolute Gasteiger partial charge is 0.368 e. The minimum atomic E-state index is -0.333. The van der Waals surface area contributed by atoms with E-state index in [1.54, 1.807) is 12.3 Å². The molecular weight excluding hydrogens is 228 g/mol. The molecule has 2 aromatic heterocycles. The summed E-state index contributed by atoms with van der Waals surface area (Å²) in [4.78, 5) is 21.0. The first kappa shape index (κ1) is 10.8. The van der Waals surface area contributed by atoms with Crippen LogP contribution in [0.5, 0.6) is 0 Å². The maximum absolute atomic E-state index is 11.9. The summed E-state index contributed by atoms with van der Waals surface area (Å²) in [5.74, 6) is 0. The number of pyridine rings is 2. The second-order valence-corrected chi connectivity index (χ2v) is 4.38. The van der Waals surface area contributed by atoms with Crippen LogP contribution in [0.3, 0.4) is 0 Å². The highest BCUT2D eigenvalue weighted by atomic mass is 16.1. The average molecular weight is 240 g/mol. The van der Waals surface area contributed by atoms with Crippen molar-refractivity contribution in [3.8, 4) is 6.07 Å². The van der Waals surface area contributed by atoms with Crippen LogP contribution in [0.25, 0.3) is 11.0 Å². The number of H-pyrrole nitrogens is 1. The monoisotopic (exact) mass is 240 g/mol. The molecular formula is C13H12N4O. The SMILES string of the molecule is N#Cc1c(N2CCCC2)c2ncccc2[nH]c1=O. The van der Waals surface area contributed by atoms with Gasteiger partial charge in [0.15, 0.2) is 0 Å². The topological polar surface area (TPSA) is 72.8 Å². The Kier molecular flexibility index (Phi) is 2.49. The lowest BCUT2D eigenvalue weighted by Crippen LogP contribution is -2.24. The molecule has 0 aliphatic carbocycles. The molecule has 3 heterocycles. The molecule has 0 radical (unpaired) electrons. The van der Waals surface area contributed by atoms with Crippen LogP contribution in [0, 0.1) is 11.3 Å². The molecule has 1 aliphatic heterocycles. The van der Waals surface area contributed by atoms with Crippen LogP contribution in [0.4, 0.5) is 5.69 Å². The van der Waals surface area contributed by atoms with Crippen LogP contribution in [0.2, 0.25) is 0 Å². The molecule has 2 aromatic rings. The molecule has 5 heteroatoms. The first-order valence-electron chi connectivity index (χ1n) is 5.97. The van der Waals surface area contributed by atoms with Gasteiger partial charge in [0.25, 0.3) is 5.56 Å². The summed E-state index contributed by atoms with van der Waals surface area (Å²) in [5, 5.41) is 9.19. The Labute approximate surface area is 104 Å². The fourth-order valence-electron chi connectivity index (χ4n) is 2.46. The zero-order valence-electron chi connectivity index (χ0n) is 9.81. The molecule has 1 fully saturated rings. The summed E-state index contributed by atoms with van der Waals surface area (Å²) in [6.07, 6.45) is 3.86. The highest BCUT2D eigenvalue weighted by Gasteiger charge is 2.21. The van der Waals surface area contributed by atoms with Crippen LogP contribution < -0.4 is 10.5 Å². The predicted octanol–water partition coefficient (Wildman–Crippen LogP) is 1.39. The van der Waals surface area contributed by atoms with Gasteiger partial charge in [-0.1, -0.05) is 0 Å². The third-order valence-electron chi connectivity index (χ3n) is 3.28. The molecule has 1 aliphatic rings. The highest BCUT2D eigenvalue weighted by Crippen LogP contribution is 2.28. The van der Waals surface area contributed by atoms with Crippen LogP contribution in [0.15, 0.2) is 23.1 Å². The van der Waals surface area contributed by atoms with E-state index in [1.807, 2.05) is 12.1 Å². The second-order valence-electron chi connectivity index (χ2n) is 4.38. The van der Waals surface area contributed by atoms with Crippen molar-refractivity contribution in [2.75, 3.05) is 18.0 Å². The molecule has 18 heavy (non-hydrogen) atoms. The van der Waals surface area contributed by atoms with E-state index in [1.165, 1.54) is 0 Å². The second kappa shape index (κ2) is 4.15. The number of rotatable bonds is 1. The van der Waals surface area contributed by atoms with Crippen LogP contribution >= 0.6 is 0 Å². The third-order valence-corrected chi connectivity index (χ3v) is 3.28. The van der Waals surface area contributed by atoms with Crippen molar-refractivity contribution in [3.05, 3.63) is 34.2 Å². The van der Waals surface area contributed by atoms with Gasteiger partial charge in [0.1, 0.15) is 17.1 Å². The number of anilines is 1. The van der Waals surface area contributed by atoms with Crippen LogP contribution in [-0.2, 0) is 0 Å². The number of nitrogens with one attached hydrogen (secondary N) is 1. The van der Waals surface area contributed by atoms with Crippen molar-refractivity contribution < 1.29 is 0 Å². The third kappa shape index (κ3) is 1.54. The fourth-order valence-corrected chi connectivity index (χ4v) is 2.46. The van der Waals surface area contributed by atoms with Gasteiger partial charge >= 0.3 is 0 Å². The van der Waals surface area contributed by atoms with E-state index in [0.717, 1.165) is 25.9 Å². The number of nitriles is 1.